The number of fused-ring (bicyclic) bond motifs is 2. The van der Waals surface area contributed by atoms with Gasteiger partial charge in [0, 0.05) is 64.8 Å². The van der Waals surface area contributed by atoms with E-state index in [1.807, 2.05) is 56.5 Å². The number of rotatable bonds is 22. The van der Waals surface area contributed by atoms with Gasteiger partial charge in [0.2, 0.25) is 0 Å². The highest BCUT2D eigenvalue weighted by Gasteiger charge is 2.44. The third-order valence-corrected chi connectivity index (χ3v) is 20.6. The Hall–Kier alpha value is -6.32. The standard InChI is InChI=1S/C61H68N4O11S5/c1-8-61(9-2,58(75)76)26-28-78-42-22-17-39(18-23-42)14-13-38-15-20-41(21-16-38)65-45-12-10-11-43(45)44-30-40(19-24-46(44)65)31-47-51(68)62(27-25-48(66)67)54(79-47)49-53(70)64(34-60(6,7)32-37(5)57(73)74)55(80-49)50-52(69)63(59(77)81-50)33-35(3)29-36(4)56(71)72/h13-24,26,28,31-32,35-36,40,43,45H,8-12,25,27,29-30,33-34H2,1-7H3,(H,66,67)(H,71,72)(H,73,74)(H,75,76)/b14-13?,28-26?,37-32?,47-31-,54-49+,55-50+. The van der Waals surface area contributed by atoms with E-state index in [2.05, 4.69) is 53.5 Å². The molecule has 0 radical (unpaired) electrons. The maximum Gasteiger partial charge on any atom is 0.330 e. The summed E-state index contributed by atoms with van der Waals surface area (Å²) in [6.07, 6.45) is 18.5. The van der Waals surface area contributed by atoms with Gasteiger partial charge in [0.05, 0.1) is 22.3 Å². The van der Waals surface area contributed by atoms with Gasteiger partial charge in [-0.05, 0) is 104 Å². The molecule has 1 amide bonds. The minimum atomic E-state index is -1.13. The number of hydrogen-bond donors (Lipinski definition) is 4. The Labute approximate surface area is 491 Å². The van der Waals surface area contributed by atoms with E-state index in [1.54, 1.807) is 32.9 Å². The number of thiocarbonyl (C=S) groups is 1. The molecule has 1 saturated carbocycles. The maximum atomic E-state index is 15.0. The highest BCUT2D eigenvalue weighted by Crippen LogP contribution is 2.50. The minimum absolute atomic E-state index is 0.0545. The summed E-state index contributed by atoms with van der Waals surface area (Å²) >= 11 is 10.3. The second-order valence-corrected chi connectivity index (χ2v) is 26.8. The van der Waals surface area contributed by atoms with Gasteiger partial charge in [-0.3, -0.25) is 42.8 Å². The van der Waals surface area contributed by atoms with Crippen molar-refractivity contribution in [1.29, 1.82) is 0 Å². The fourth-order valence-electron chi connectivity index (χ4n) is 11.3. The van der Waals surface area contributed by atoms with Crippen LogP contribution in [-0.4, -0.2) is 81.2 Å². The highest BCUT2D eigenvalue weighted by atomic mass is 32.2. The zero-order valence-electron chi connectivity index (χ0n) is 46.4. The quantitative estimate of drug-likeness (QED) is 0.0249. The minimum Gasteiger partial charge on any atom is -0.481 e. The van der Waals surface area contributed by atoms with Gasteiger partial charge in [0.1, 0.15) is 23.1 Å². The van der Waals surface area contributed by atoms with Crippen LogP contribution < -0.4 is 25.2 Å². The topological polar surface area (TPSA) is 217 Å². The van der Waals surface area contributed by atoms with E-state index < -0.39 is 64.1 Å². The van der Waals surface area contributed by atoms with E-state index in [4.69, 9.17) is 12.2 Å². The number of thiazole rings is 2. The Morgan fingerprint density at radius 2 is 1.54 bits per heavy atom. The number of carboxylic acids is 4. The highest BCUT2D eigenvalue weighted by molar-refractivity contribution is 8.30. The molecule has 2 aliphatic heterocycles. The van der Waals surface area contributed by atoms with Crippen LogP contribution in [0.5, 0.6) is 0 Å². The van der Waals surface area contributed by atoms with Gasteiger partial charge in [-0.25, -0.2) is 4.79 Å². The second-order valence-electron chi connectivity index (χ2n) is 22.2. The number of aliphatic carboxylic acids is 4. The van der Waals surface area contributed by atoms with Gasteiger partial charge in [0.15, 0.2) is 0 Å². The Morgan fingerprint density at radius 3 is 2.16 bits per heavy atom. The van der Waals surface area contributed by atoms with Gasteiger partial charge < -0.3 is 25.3 Å². The molecule has 4 heterocycles. The lowest BCUT2D eigenvalue weighted by atomic mass is 9.83. The summed E-state index contributed by atoms with van der Waals surface area (Å²) in [6.45, 7) is 12.1. The zero-order valence-corrected chi connectivity index (χ0v) is 50.5. The summed E-state index contributed by atoms with van der Waals surface area (Å²) in [5.74, 6) is -5.21. The first-order valence-electron chi connectivity index (χ1n) is 27.2. The first-order valence-corrected chi connectivity index (χ1v) is 31.0. The van der Waals surface area contributed by atoms with Crippen LogP contribution >= 0.6 is 58.4 Å². The summed E-state index contributed by atoms with van der Waals surface area (Å²) in [5, 5.41) is 40.8. The van der Waals surface area contributed by atoms with E-state index >= 15 is 0 Å². The summed E-state index contributed by atoms with van der Waals surface area (Å²) in [5.41, 5.74) is 2.99. The van der Waals surface area contributed by atoms with Crippen LogP contribution in [0.2, 0.25) is 0 Å². The molecule has 2 aromatic carbocycles. The van der Waals surface area contributed by atoms with Crippen molar-refractivity contribution in [2.45, 2.75) is 124 Å². The number of hydrogen-bond acceptors (Lipinski definition) is 13. The number of carboxylic acid groups (broad SMARTS) is 4. The molecule has 4 aromatic rings. The van der Waals surface area contributed by atoms with Crippen molar-refractivity contribution in [3.63, 3.8) is 0 Å². The molecule has 2 fully saturated rings. The molecule has 2 aliphatic carbocycles. The van der Waals surface area contributed by atoms with Crippen molar-refractivity contribution in [3.05, 3.63) is 145 Å². The van der Waals surface area contributed by atoms with Gasteiger partial charge in [-0.15, -0.1) is 22.7 Å². The normalized spacial score (nSPS) is 20.8. The first-order chi connectivity index (χ1) is 38.4. The van der Waals surface area contributed by atoms with Crippen molar-refractivity contribution in [3.8, 4) is 0 Å². The number of allylic oxidation sites excluding steroid dienone is 3. The van der Waals surface area contributed by atoms with E-state index in [0.29, 0.717) is 36.1 Å². The number of nitrogens with zero attached hydrogens (tertiary/aromatic N) is 4. The monoisotopic (exact) mass is 1190 g/mol. The summed E-state index contributed by atoms with van der Waals surface area (Å²) in [4.78, 5) is 96.5. The van der Waals surface area contributed by atoms with Crippen LogP contribution in [0.3, 0.4) is 0 Å². The number of carbonyl (C=O) groups is 5. The lowest BCUT2D eigenvalue weighted by Gasteiger charge is -2.29. The Bertz CT molecular complexity index is 3670. The molecule has 2 aromatic heterocycles. The largest absolute Gasteiger partial charge is 0.481 e. The number of benzene rings is 2. The van der Waals surface area contributed by atoms with Crippen LogP contribution in [0.1, 0.15) is 111 Å². The average Bonchev–Trinajstić information content (AvgIpc) is 4.43. The van der Waals surface area contributed by atoms with E-state index in [0.717, 1.165) is 81.1 Å². The smallest absolute Gasteiger partial charge is 0.330 e. The lowest BCUT2D eigenvalue weighted by Crippen LogP contribution is -2.36. The molecule has 20 heteroatoms. The Kier molecular flexibility index (Phi) is 19.1. The zero-order chi connectivity index (χ0) is 58.7. The predicted octanol–water partition coefficient (Wildman–Crippen LogP) is 10.6. The van der Waals surface area contributed by atoms with E-state index in [-0.39, 0.29) is 66.2 Å². The van der Waals surface area contributed by atoms with E-state index in [9.17, 15) is 54.0 Å². The summed E-state index contributed by atoms with van der Waals surface area (Å²) in [7, 11) is 0. The number of thioether (sulfide) groups is 2. The van der Waals surface area contributed by atoms with Crippen LogP contribution in [0.25, 0.3) is 23.1 Å². The van der Waals surface area contributed by atoms with Crippen LogP contribution in [0.4, 0.5) is 5.69 Å². The fourth-order valence-corrected chi connectivity index (χ4v) is 16.0. The molecule has 81 heavy (non-hydrogen) atoms. The molecule has 5 atom stereocenters. The molecular formula is C61H68N4O11S5. The van der Waals surface area contributed by atoms with Crippen molar-refractivity contribution in [2.24, 2.45) is 34.5 Å². The van der Waals surface area contributed by atoms with Crippen molar-refractivity contribution in [1.82, 2.24) is 14.0 Å². The predicted molar refractivity (Wildman–Crippen MR) is 327 cm³/mol. The molecule has 8 rings (SSSR count). The van der Waals surface area contributed by atoms with Crippen LogP contribution in [0.15, 0.2) is 110 Å². The summed E-state index contributed by atoms with van der Waals surface area (Å²) in [6, 6.07) is 17.0. The van der Waals surface area contributed by atoms with Gasteiger partial charge in [-0.2, -0.15) is 0 Å². The van der Waals surface area contributed by atoms with E-state index in [1.165, 1.54) is 38.3 Å². The number of amides is 1. The molecule has 0 spiro atoms. The van der Waals surface area contributed by atoms with Crippen molar-refractivity contribution < 1.29 is 44.4 Å². The molecule has 0 bridgehead atoms. The molecule has 4 N–H and O–H groups in total. The molecule has 428 valence electrons. The Balaban J connectivity index is 1.10. The third-order valence-electron chi connectivity index (χ3n) is 15.7. The maximum absolute atomic E-state index is 15.0. The first kappa shape index (κ1) is 60.8. The van der Waals surface area contributed by atoms with Crippen LogP contribution in [0, 0.1) is 43.7 Å². The van der Waals surface area contributed by atoms with Crippen molar-refractivity contribution in [2.75, 3.05) is 11.4 Å². The summed E-state index contributed by atoms with van der Waals surface area (Å²) < 4.78 is 3.97. The number of aromatic nitrogens is 2. The van der Waals surface area contributed by atoms with Crippen LogP contribution in [-0.2, 0) is 37.1 Å². The van der Waals surface area contributed by atoms with Gasteiger partial charge in [-0.1, -0.05) is 144 Å². The molecule has 15 nitrogen and oxygen atoms in total. The average molecular weight is 1190 g/mol. The Morgan fingerprint density at radius 1 is 0.877 bits per heavy atom. The fraction of sp³-hybridized carbons (Fsp3) is 0.410. The molecule has 4 aliphatic rings. The third kappa shape index (κ3) is 13.5. The lowest BCUT2D eigenvalue weighted by molar-refractivity contribution is -0.146. The number of carbonyl (C=O) groups excluding carboxylic acids is 1. The van der Waals surface area contributed by atoms with Crippen molar-refractivity contribution >= 4 is 121 Å². The second kappa shape index (κ2) is 25.4. The van der Waals surface area contributed by atoms with Gasteiger partial charge >= 0.3 is 23.9 Å². The van der Waals surface area contributed by atoms with Gasteiger partial charge in [0.25, 0.3) is 17.0 Å². The molecular weight excluding hydrogens is 1130 g/mol. The molecule has 1 saturated heterocycles. The SMILES string of the molecule is CCC(C=CSc1ccc(C=Cc2ccc(N3C4=C(CC(/C=c5\s/c(=c6/s/c(=C7/SC(=S)N(CC(C)CC(C)C(=O)O)C7=O)n(CC(C)(C)C=C(C)C(=O)O)c6=O)n(CCC(=O)O)c5=O)C=C4)C4CCCC43)cc2)cc1)(CC)C(=O)O. The number of anilines is 1. The molecule has 5 unspecified atom stereocenters.